The number of Topliss-reactive ketones (excluding diaryl/α,β-unsaturated/α-hetero) is 1. The third-order valence-corrected chi connectivity index (χ3v) is 3.70. The van der Waals surface area contributed by atoms with E-state index < -0.39 is 11.8 Å². The monoisotopic (exact) mass is 346 g/mol. The van der Waals surface area contributed by atoms with E-state index >= 15 is 0 Å². The molecular weight excluding hydrogens is 324 g/mol. The highest BCUT2D eigenvalue weighted by molar-refractivity contribution is 7.80. The first kappa shape index (κ1) is 19.9. The Morgan fingerprint density at radius 3 is 2.33 bits per heavy atom. The summed E-state index contributed by atoms with van der Waals surface area (Å²) in [6.45, 7) is 3.96. The molecule has 0 atom stereocenters. The molecule has 4 nitrogen and oxygen atoms in total. The molecule has 0 fully saturated rings. The molecule has 0 amide bonds. The number of hydrogen-bond acceptors (Lipinski definition) is 5. The number of carbonyl (C=O) groups excluding carboxylic acids is 2. The number of thiocarbonyl (C=S) groups is 1. The molecule has 1 N–H and O–H groups in total. The molecule has 0 saturated carbocycles. The summed E-state index contributed by atoms with van der Waals surface area (Å²) in [5.74, 6) is -1.30. The molecule has 0 aliphatic heterocycles. The molecule has 0 heterocycles. The second-order valence-corrected chi connectivity index (χ2v) is 5.63. The topological polar surface area (TPSA) is 63.6 Å². The quantitative estimate of drug-likeness (QED) is 0.380. The molecule has 0 aromatic heterocycles. The van der Waals surface area contributed by atoms with Crippen LogP contribution in [0.4, 0.5) is 0 Å². The average molecular weight is 346 g/mol. The predicted octanol–water partition coefficient (Wildman–Crippen LogP) is 3.79. The van der Waals surface area contributed by atoms with E-state index in [4.69, 9.17) is 22.1 Å². The van der Waals surface area contributed by atoms with Gasteiger partial charge in [0, 0.05) is 12.0 Å². The number of ketones is 1. The Morgan fingerprint density at radius 1 is 1.21 bits per heavy atom. The number of aliphatic hydroxyl groups is 1. The summed E-state index contributed by atoms with van der Waals surface area (Å²) in [7, 11) is 0. The number of aliphatic hydroxyl groups excluding tert-OH is 1. The number of esters is 1. The number of hydrogen-bond donors (Lipinski definition) is 1. The van der Waals surface area contributed by atoms with Gasteiger partial charge < -0.3 is 9.84 Å². The predicted molar refractivity (Wildman–Crippen MR) is 97.9 cm³/mol. The molecular formula is C19H22O4S. The SMILES string of the molecule is CCC(O)CC.O=C(OC1=CC=CCC1=S)C(=O)c1ccccc1. The molecule has 0 saturated heterocycles. The molecule has 1 aliphatic rings. The van der Waals surface area contributed by atoms with Gasteiger partial charge in [-0.25, -0.2) is 4.79 Å². The van der Waals surface area contributed by atoms with Crippen molar-refractivity contribution in [1.29, 1.82) is 0 Å². The van der Waals surface area contributed by atoms with Gasteiger partial charge in [0.25, 0.3) is 5.78 Å². The minimum atomic E-state index is -0.912. The van der Waals surface area contributed by atoms with Crippen molar-refractivity contribution in [3.05, 3.63) is 59.9 Å². The summed E-state index contributed by atoms with van der Waals surface area (Å²) in [4.78, 5) is 23.9. The Morgan fingerprint density at radius 2 is 1.83 bits per heavy atom. The number of ether oxygens (including phenoxy) is 1. The lowest BCUT2D eigenvalue weighted by Gasteiger charge is -2.10. The fraction of sp³-hybridized carbons (Fsp3) is 0.316. The molecule has 0 spiro atoms. The fourth-order valence-corrected chi connectivity index (χ4v) is 1.96. The Balaban J connectivity index is 0.000000413. The maximum Gasteiger partial charge on any atom is 0.385 e. The number of rotatable bonds is 5. The zero-order valence-electron chi connectivity index (χ0n) is 13.9. The molecule has 1 aliphatic carbocycles. The molecule has 128 valence electrons. The van der Waals surface area contributed by atoms with Gasteiger partial charge in [-0.15, -0.1) is 0 Å². The lowest BCUT2D eigenvalue weighted by molar-refractivity contribution is -0.133. The van der Waals surface area contributed by atoms with Gasteiger partial charge in [0.15, 0.2) is 0 Å². The largest absolute Gasteiger partial charge is 0.419 e. The van der Waals surface area contributed by atoms with E-state index in [9.17, 15) is 9.59 Å². The van der Waals surface area contributed by atoms with Crippen LogP contribution in [0.15, 0.2) is 54.3 Å². The average Bonchev–Trinajstić information content (AvgIpc) is 2.63. The lowest BCUT2D eigenvalue weighted by atomic mass is 10.1. The van der Waals surface area contributed by atoms with Crippen LogP contribution in [0.5, 0.6) is 0 Å². The van der Waals surface area contributed by atoms with E-state index in [-0.39, 0.29) is 11.9 Å². The van der Waals surface area contributed by atoms with E-state index in [0.29, 0.717) is 16.8 Å². The summed E-state index contributed by atoms with van der Waals surface area (Å²) < 4.78 is 5.00. The fourth-order valence-electron chi connectivity index (χ4n) is 1.76. The molecule has 0 bridgehead atoms. The second-order valence-electron chi connectivity index (χ2n) is 5.14. The van der Waals surface area contributed by atoms with Crippen LogP contribution < -0.4 is 0 Å². The van der Waals surface area contributed by atoms with Gasteiger partial charge in [0.2, 0.25) is 0 Å². The van der Waals surface area contributed by atoms with Crippen LogP contribution in [-0.4, -0.2) is 27.8 Å². The highest BCUT2D eigenvalue weighted by atomic mass is 32.1. The molecule has 24 heavy (non-hydrogen) atoms. The minimum absolute atomic E-state index is 0.0648. The third-order valence-electron chi connectivity index (χ3n) is 3.33. The molecule has 0 radical (unpaired) electrons. The van der Waals surface area contributed by atoms with Crippen molar-refractivity contribution < 1.29 is 19.4 Å². The van der Waals surface area contributed by atoms with E-state index in [1.54, 1.807) is 42.5 Å². The van der Waals surface area contributed by atoms with Gasteiger partial charge in [-0.2, -0.15) is 0 Å². The van der Waals surface area contributed by atoms with Crippen LogP contribution in [0.3, 0.4) is 0 Å². The maximum absolute atomic E-state index is 11.8. The van der Waals surface area contributed by atoms with Gasteiger partial charge in [-0.3, -0.25) is 4.79 Å². The van der Waals surface area contributed by atoms with Crippen molar-refractivity contribution in [2.75, 3.05) is 0 Å². The molecule has 2 rings (SSSR count). The molecule has 0 unspecified atom stereocenters. The van der Waals surface area contributed by atoms with E-state index in [1.807, 2.05) is 19.9 Å². The van der Waals surface area contributed by atoms with Crippen molar-refractivity contribution in [1.82, 2.24) is 0 Å². The van der Waals surface area contributed by atoms with Gasteiger partial charge >= 0.3 is 5.97 Å². The Hall–Kier alpha value is -2.11. The summed E-state index contributed by atoms with van der Waals surface area (Å²) >= 11 is 5.04. The van der Waals surface area contributed by atoms with E-state index in [0.717, 1.165) is 12.8 Å². The van der Waals surface area contributed by atoms with Crippen LogP contribution in [0, 0.1) is 0 Å². The molecule has 5 heteroatoms. The summed E-state index contributed by atoms with van der Waals surface area (Å²) in [5.41, 5.74) is 0.306. The van der Waals surface area contributed by atoms with Gasteiger partial charge in [0.05, 0.1) is 11.0 Å². The first-order valence-corrected chi connectivity index (χ1v) is 8.30. The standard InChI is InChI=1S/C14H10O3S.C5H12O/c15-13(10-6-2-1-3-7-10)14(16)17-11-8-4-5-9-12(11)18;1-3-5(6)4-2/h1-8H,9H2;5-6H,3-4H2,1-2H3. The summed E-state index contributed by atoms with van der Waals surface area (Å²) in [6.07, 6.45) is 7.44. The van der Waals surface area contributed by atoms with Crippen LogP contribution in [-0.2, 0) is 9.53 Å². The first-order chi connectivity index (χ1) is 11.5. The van der Waals surface area contributed by atoms with Crippen molar-refractivity contribution >= 4 is 28.8 Å². The Kier molecular flexibility index (Phi) is 8.83. The Labute approximate surface area is 147 Å². The second kappa shape index (κ2) is 10.6. The number of carbonyl (C=O) groups is 2. The van der Waals surface area contributed by atoms with Crippen LogP contribution in [0.2, 0.25) is 0 Å². The van der Waals surface area contributed by atoms with Crippen LogP contribution in [0.25, 0.3) is 0 Å². The van der Waals surface area contributed by atoms with Crippen molar-refractivity contribution in [2.45, 2.75) is 39.2 Å². The Bertz CT molecular complexity index is 628. The zero-order chi connectivity index (χ0) is 17.9. The highest BCUT2D eigenvalue weighted by Crippen LogP contribution is 2.13. The normalized spacial score (nSPS) is 13.0. The van der Waals surface area contributed by atoms with Crippen LogP contribution >= 0.6 is 12.2 Å². The molecule has 1 aromatic rings. The van der Waals surface area contributed by atoms with Gasteiger partial charge in [0.1, 0.15) is 5.76 Å². The smallest absolute Gasteiger partial charge is 0.385 e. The third kappa shape index (κ3) is 6.56. The van der Waals surface area contributed by atoms with Gasteiger partial charge in [-0.05, 0) is 18.9 Å². The lowest BCUT2D eigenvalue weighted by Crippen LogP contribution is -2.20. The first-order valence-electron chi connectivity index (χ1n) is 7.89. The summed E-state index contributed by atoms with van der Waals surface area (Å²) in [6, 6.07) is 8.28. The van der Waals surface area contributed by atoms with E-state index in [2.05, 4.69) is 0 Å². The number of allylic oxidation sites excluding steroid dienone is 4. The minimum Gasteiger partial charge on any atom is -0.419 e. The van der Waals surface area contributed by atoms with Crippen molar-refractivity contribution in [2.24, 2.45) is 0 Å². The van der Waals surface area contributed by atoms with E-state index in [1.165, 1.54) is 0 Å². The maximum atomic E-state index is 11.8. The highest BCUT2D eigenvalue weighted by Gasteiger charge is 2.21. The zero-order valence-corrected chi connectivity index (χ0v) is 14.7. The van der Waals surface area contributed by atoms with Crippen molar-refractivity contribution in [3.63, 3.8) is 0 Å². The van der Waals surface area contributed by atoms with Gasteiger partial charge in [-0.1, -0.05) is 68.5 Å². The van der Waals surface area contributed by atoms with Crippen LogP contribution in [0.1, 0.15) is 43.5 Å². The summed E-state index contributed by atoms with van der Waals surface area (Å²) in [5, 5.41) is 8.67. The molecule has 1 aromatic carbocycles. The van der Waals surface area contributed by atoms with Crippen molar-refractivity contribution in [3.8, 4) is 0 Å². The number of benzene rings is 1.